The van der Waals surface area contributed by atoms with Crippen molar-refractivity contribution in [3.8, 4) is 0 Å². The van der Waals surface area contributed by atoms with Gasteiger partial charge in [0.1, 0.15) is 0 Å². The van der Waals surface area contributed by atoms with Crippen LogP contribution >= 0.6 is 0 Å². The minimum absolute atomic E-state index is 0.0324. The topological polar surface area (TPSA) is 61.4 Å². The van der Waals surface area contributed by atoms with Crippen LogP contribution in [0, 0.1) is 0 Å². The fourth-order valence-electron chi connectivity index (χ4n) is 1.30. The fraction of sp³-hybridized carbons (Fsp3) is 0.857. The molecule has 4 heteroatoms. The first-order valence-corrected chi connectivity index (χ1v) is 4.02. The number of rotatable bonds is 1. The maximum Gasteiger partial charge on any atom is 0.405 e. The Labute approximate surface area is 66.0 Å². The Morgan fingerprint density at radius 2 is 2.27 bits per heavy atom. The summed E-state index contributed by atoms with van der Waals surface area (Å²) in [4.78, 5) is 10.2. The largest absolute Gasteiger partial charge is 0.465 e. The number of nitrogens with one attached hydrogen (secondary N) is 2. The average Bonchev–Trinajstić information content (AvgIpc) is 2.14. The van der Waals surface area contributed by atoms with E-state index in [1.165, 1.54) is 6.42 Å². The lowest BCUT2D eigenvalue weighted by Gasteiger charge is -2.14. The van der Waals surface area contributed by atoms with E-state index in [2.05, 4.69) is 10.6 Å². The lowest BCUT2D eigenvalue weighted by Crippen LogP contribution is -2.44. The summed E-state index contributed by atoms with van der Waals surface area (Å²) in [5.74, 6) is 0. The summed E-state index contributed by atoms with van der Waals surface area (Å²) in [7, 11) is 0. The summed E-state index contributed by atoms with van der Waals surface area (Å²) < 4.78 is 0. The first kappa shape index (κ1) is 8.33. The molecule has 1 unspecified atom stereocenters. The maximum absolute atomic E-state index is 10.2. The van der Waals surface area contributed by atoms with E-state index in [9.17, 15) is 4.79 Å². The second-order valence-electron chi connectivity index (χ2n) is 2.81. The Hall–Kier alpha value is -0.770. The summed E-state index contributed by atoms with van der Waals surface area (Å²) >= 11 is 0. The third kappa shape index (κ3) is 3.23. The standard InChI is InChI=1S/C7H14N2O2/c10-7(11)9-6-4-2-1-3-5-8-6/h6,8-9H,1-5H2,(H,10,11). The van der Waals surface area contributed by atoms with Crippen LogP contribution in [-0.2, 0) is 0 Å². The molecule has 0 aromatic rings. The van der Waals surface area contributed by atoms with E-state index >= 15 is 0 Å². The molecule has 0 aromatic heterocycles. The second-order valence-corrected chi connectivity index (χ2v) is 2.81. The van der Waals surface area contributed by atoms with Gasteiger partial charge < -0.3 is 10.4 Å². The van der Waals surface area contributed by atoms with Crippen molar-refractivity contribution >= 4 is 6.09 Å². The van der Waals surface area contributed by atoms with Gasteiger partial charge in [-0.05, 0) is 19.4 Å². The zero-order chi connectivity index (χ0) is 8.10. The van der Waals surface area contributed by atoms with Gasteiger partial charge in [-0.15, -0.1) is 0 Å². The molecule has 11 heavy (non-hydrogen) atoms. The minimum Gasteiger partial charge on any atom is -0.465 e. The molecule has 64 valence electrons. The Bertz CT molecular complexity index is 130. The predicted octanol–water partition coefficient (Wildman–Crippen LogP) is 0.744. The zero-order valence-electron chi connectivity index (χ0n) is 6.47. The molecule has 1 fully saturated rings. The Morgan fingerprint density at radius 1 is 1.45 bits per heavy atom. The van der Waals surface area contributed by atoms with E-state index in [0.29, 0.717) is 0 Å². The van der Waals surface area contributed by atoms with Crippen molar-refractivity contribution in [2.45, 2.75) is 31.8 Å². The highest BCUT2D eigenvalue weighted by molar-refractivity contribution is 5.64. The summed E-state index contributed by atoms with van der Waals surface area (Å²) in [5.41, 5.74) is 0. The van der Waals surface area contributed by atoms with Crippen molar-refractivity contribution in [1.82, 2.24) is 10.6 Å². The molecule has 1 aliphatic rings. The zero-order valence-corrected chi connectivity index (χ0v) is 6.47. The third-order valence-corrected chi connectivity index (χ3v) is 1.86. The molecular weight excluding hydrogens is 144 g/mol. The van der Waals surface area contributed by atoms with Crippen molar-refractivity contribution in [3.05, 3.63) is 0 Å². The van der Waals surface area contributed by atoms with E-state index in [0.717, 1.165) is 25.8 Å². The number of amides is 1. The summed E-state index contributed by atoms with van der Waals surface area (Å²) in [6.45, 7) is 0.922. The van der Waals surface area contributed by atoms with Crippen LogP contribution in [0.3, 0.4) is 0 Å². The molecule has 4 nitrogen and oxygen atoms in total. The van der Waals surface area contributed by atoms with Crippen molar-refractivity contribution in [2.24, 2.45) is 0 Å². The van der Waals surface area contributed by atoms with E-state index in [1.54, 1.807) is 0 Å². The summed E-state index contributed by atoms with van der Waals surface area (Å²) in [6.07, 6.45) is 3.40. The fourth-order valence-corrected chi connectivity index (χ4v) is 1.30. The second kappa shape index (κ2) is 4.18. The van der Waals surface area contributed by atoms with Crippen molar-refractivity contribution in [2.75, 3.05) is 6.54 Å². The highest BCUT2D eigenvalue weighted by atomic mass is 16.4. The Kier molecular flexibility index (Phi) is 3.16. The van der Waals surface area contributed by atoms with E-state index in [4.69, 9.17) is 5.11 Å². The minimum atomic E-state index is -0.940. The number of carbonyl (C=O) groups is 1. The average molecular weight is 158 g/mol. The van der Waals surface area contributed by atoms with E-state index < -0.39 is 6.09 Å². The quantitative estimate of drug-likeness (QED) is 0.527. The summed E-state index contributed by atoms with van der Waals surface area (Å²) in [5, 5.41) is 14.0. The third-order valence-electron chi connectivity index (χ3n) is 1.86. The molecule has 1 heterocycles. The monoisotopic (exact) mass is 158 g/mol. The number of hydrogen-bond donors (Lipinski definition) is 3. The molecule has 0 radical (unpaired) electrons. The molecule has 0 spiro atoms. The van der Waals surface area contributed by atoms with Crippen LogP contribution in [0.1, 0.15) is 25.7 Å². The normalized spacial score (nSPS) is 25.6. The van der Waals surface area contributed by atoms with Gasteiger partial charge in [0.15, 0.2) is 0 Å². The highest BCUT2D eigenvalue weighted by Gasteiger charge is 2.11. The van der Waals surface area contributed by atoms with Crippen molar-refractivity contribution in [3.63, 3.8) is 0 Å². The molecule has 1 atom stereocenters. The molecule has 3 N–H and O–H groups in total. The molecule has 1 aliphatic heterocycles. The van der Waals surface area contributed by atoms with Crippen LogP contribution in [0.4, 0.5) is 4.79 Å². The van der Waals surface area contributed by atoms with Gasteiger partial charge in [-0.3, -0.25) is 5.32 Å². The maximum atomic E-state index is 10.2. The molecule has 1 amide bonds. The van der Waals surface area contributed by atoms with Crippen LogP contribution in [0.15, 0.2) is 0 Å². The van der Waals surface area contributed by atoms with Crippen LogP contribution in [0.5, 0.6) is 0 Å². The molecule has 1 saturated heterocycles. The van der Waals surface area contributed by atoms with Gasteiger partial charge in [0.2, 0.25) is 0 Å². The van der Waals surface area contributed by atoms with Gasteiger partial charge in [0.25, 0.3) is 0 Å². The first-order valence-electron chi connectivity index (χ1n) is 4.02. The lowest BCUT2D eigenvalue weighted by atomic mass is 10.2. The van der Waals surface area contributed by atoms with Crippen molar-refractivity contribution < 1.29 is 9.90 Å². The van der Waals surface area contributed by atoms with Gasteiger partial charge >= 0.3 is 6.09 Å². The molecule has 0 bridgehead atoms. The van der Waals surface area contributed by atoms with Crippen LogP contribution in [-0.4, -0.2) is 23.9 Å². The van der Waals surface area contributed by atoms with Crippen LogP contribution in [0.25, 0.3) is 0 Å². The Morgan fingerprint density at radius 3 is 3.00 bits per heavy atom. The predicted molar refractivity (Wildman–Crippen MR) is 41.4 cm³/mol. The summed E-state index contributed by atoms with van der Waals surface area (Å²) in [6, 6.07) is 0. The smallest absolute Gasteiger partial charge is 0.405 e. The molecule has 0 aromatic carbocycles. The van der Waals surface area contributed by atoms with Crippen LogP contribution in [0.2, 0.25) is 0 Å². The van der Waals surface area contributed by atoms with E-state index in [1.807, 2.05) is 0 Å². The van der Waals surface area contributed by atoms with Gasteiger partial charge in [-0.25, -0.2) is 4.79 Å². The Balaban J connectivity index is 2.25. The molecule has 0 saturated carbocycles. The molecule has 1 rings (SSSR count). The van der Waals surface area contributed by atoms with Crippen molar-refractivity contribution in [1.29, 1.82) is 0 Å². The number of carboxylic acid groups (broad SMARTS) is 1. The highest BCUT2D eigenvalue weighted by Crippen LogP contribution is 2.05. The first-order chi connectivity index (χ1) is 5.29. The van der Waals surface area contributed by atoms with Gasteiger partial charge in [-0.2, -0.15) is 0 Å². The SMILES string of the molecule is O=C(O)NC1CCCCCN1. The van der Waals surface area contributed by atoms with Crippen LogP contribution < -0.4 is 10.6 Å². The number of hydrogen-bond acceptors (Lipinski definition) is 2. The lowest BCUT2D eigenvalue weighted by molar-refractivity contribution is 0.186. The van der Waals surface area contributed by atoms with E-state index in [-0.39, 0.29) is 6.17 Å². The van der Waals surface area contributed by atoms with Gasteiger partial charge in [-0.1, -0.05) is 12.8 Å². The van der Waals surface area contributed by atoms with Gasteiger partial charge in [0.05, 0.1) is 6.17 Å². The molecule has 0 aliphatic carbocycles. The van der Waals surface area contributed by atoms with Gasteiger partial charge in [0, 0.05) is 0 Å². The molecular formula is C7H14N2O2.